The number of halogens is 2. The van der Waals surface area contributed by atoms with E-state index in [1.54, 1.807) is 4.57 Å². The highest BCUT2D eigenvalue weighted by Gasteiger charge is 2.21. The quantitative estimate of drug-likeness (QED) is 0.776. The maximum Gasteiger partial charge on any atom is 0.329 e. The Morgan fingerprint density at radius 1 is 1.25 bits per heavy atom. The molecular formula is C9H10Br2N2O3. The van der Waals surface area contributed by atoms with Crippen LogP contribution >= 0.6 is 31.9 Å². The third-order valence-electron chi connectivity index (χ3n) is 2.59. The van der Waals surface area contributed by atoms with Crippen molar-refractivity contribution in [2.24, 2.45) is 0 Å². The van der Waals surface area contributed by atoms with Crippen LogP contribution in [0.4, 0.5) is 0 Å². The molecular weight excluding hydrogens is 344 g/mol. The highest BCUT2D eigenvalue weighted by Crippen LogP contribution is 2.25. The molecule has 0 aliphatic carbocycles. The summed E-state index contributed by atoms with van der Waals surface area (Å²) >= 11 is 6.42. The van der Waals surface area contributed by atoms with Gasteiger partial charge in [0.1, 0.15) is 9.08 Å². The fraction of sp³-hybridized carbons (Fsp3) is 0.556. The van der Waals surface area contributed by atoms with Gasteiger partial charge in [0.05, 0.1) is 0 Å². The van der Waals surface area contributed by atoms with Crippen molar-refractivity contribution in [2.75, 3.05) is 13.2 Å². The van der Waals surface area contributed by atoms with Gasteiger partial charge in [-0.1, -0.05) is 0 Å². The van der Waals surface area contributed by atoms with Crippen LogP contribution in [0, 0.1) is 0 Å². The Hall–Kier alpha value is -0.400. The summed E-state index contributed by atoms with van der Waals surface area (Å²) in [4.78, 5) is 25.3. The maximum absolute atomic E-state index is 11.7. The Morgan fingerprint density at radius 3 is 2.50 bits per heavy atom. The topological polar surface area (TPSA) is 64.1 Å². The van der Waals surface area contributed by atoms with Crippen molar-refractivity contribution in [2.45, 2.75) is 18.9 Å². The van der Waals surface area contributed by atoms with E-state index in [1.807, 2.05) is 0 Å². The van der Waals surface area contributed by atoms with Crippen molar-refractivity contribution in [1.29, 1.82) is 0 Å². The number of rotatable bonds is 1. The average Bonchev–Trinajstić information content (AvgIpc) is 2.28. The van der Waals surface area contributed by atoms with Gasteiger partial charge in [0, 0.05) is 19.3 Å². The van der Waals surface area contributed by atoms with Crippen molar-refractivity contribution in [3.63, 3.8) is 0 Å². The first kappa shape index (κ1) is 12.1. The maximum atomic E-state index is 11.7. The first-order valence-electron chi connectivity index (χ1n) is 4.89. The molecule has 1 saturated heterocycles. The molecule has 5 nitrogen and oxygen atoms in total. The lowest BCUT2D eigenvalue weighted by molar-refractivity contribution is 0.0675. The van der Waals surface area contributed by atoms with Gasteiger partial charge in [-0.3, -0.25) is 14.3 Å². The molecule has 2 rings (SSSR count). The van der Waals surface area contributed by atoms with Gasteiger partial charge < -0.3 is 4.74 Å². The first-order valence-corrected chi connectivity index (χ1v) is 6.47. The van der Waals surface area contributed by atoms with Crippen LogP contribution in [0.2, 0.25) is 0 Å². The third-order valence-corrected chi connectivity index (χ3v) is 4.63. The zero-order chi connectivity index (χ0) is 11.7. The summed E-state index contributed by atoms with van der Waals surface area (Å²) in [6, 6.07) is 0.0729. The largest absolute Gasteiger partial charge is 0.381 e. The fourth-order valence-electron chi connectivity index (χ4n) is 1.77. The Kier molecular flexibility index (Phi) is 3.66. The van der Waals surface area contributed by atoms with E-state index in [2.05, 4.69) is 36.8 Å². The number of H-pyrrole nitrogens is 1. The smallest absolute Gasteiger partial charge is 0.329 e. The lowest BCUT2D eigenvalue weighted by atomic mass is 10.1. The molecule has 0 unspecified atom stereocenters. The van der Waals surface area contributed by atoms with E-state index in [0.29, 0.717) is 22.3 Å². The van der Waals surface area contributed by atoms with E-state index in [0.717, 1.165) is 12.8 Å². The summed E-state index contributed by atoms with van der Waals surface area (Å²) in [6.45, 7) is 1.28. The van der Waals surface area contributed by atoms with Gasteiger partial charge in [0.2, 0.25) is 0 Å². The molecule has 0 atom stereocenters. The van der Waals surface area contributed by atoms with E-state index in [9.17, 15) is 9.59 Å². The van der Waals surface area contributed by atoms with E-state index in [1.165, 1.54) is 0 Å². The third kappa shape index (κ3) is 2.16. The minimum absolute atomic E-state index is 0.0729. The fourth-order valence-corrected chi connectivity index (χ4v) is 2.69. The van der Waals surface area contributed by atoms with Crippen molar-refractivity contribution >= 4 is 31.9 Å². The zero-order valence-corrected chi connectivity index (χ0v) is 11.5. The number of nitrogens with one attached hydrogen (secondary N) is 1. The summed E-state index contributed by atoms with van der Waals surface area (Å²) in [5.74, 6) is 0. The first-order chi connectivity index (χ1) is 7.61. The second-order valence-electron chi connectivity index (χ2n) is 3.58. The van der Waals surface area contributed by atoms with Crippen LogP contribution in [-0.2, 0) is 4.74 Å². The van der Waals surface area contributed by atoms with Crippen LogP contribution < -0.4 is 11.2 Å². The molecule has 2 heterocycles. The molecule has 1 aromatic heterocycles. The molecule has 7 heteroatoms. The van der Waals surface area contributed by atoms with Gasteiger partial charge in [-0.25, -0.2) is 4.79 Å². The summed E-state index contributed by atoms with van der Waals surface area (Å²) < 4.78 is 7.64. The second-order valence-corrected chi connectivity index (χ2v) is 5.12. The molecule has 0 aromatic carbocycles. The Morgan fingerprint density at radius 2 is 1.88 bits per heavy atom. The average molecular weight is 354 g/mol. The van der Waals surface area contributed by atoms with Crippen LogP contribution in [0.5, 0.6) is 0 Å². The number of hydrogen-bond donors (Lipinski definition) is 1. The second kappa shape index (κ2) is 4.85. The van der Waals surface area contributed by atoms with Gasteiger partial charge in [-0.2, -0.15) is 0 Å². The van der Waals surface area contributed by atoms with Crippen molar-refractivity contribution in [3.05, 3.63) is 29.9 Å². The molecule has 1 aliphatic rings. The van der Waals surface area contributed by atoms with Gasteiger partial charge in [0.25, 0.3) is 5.56 Å². The van der Waals surface area contributed by atoms with Crippen LogP contribution in [-0.4, -0.2) is 22.8 Å². The Balaban J connectivity index is 2.51. The minimum Gasteiger partial charge on any atom is -0.381 e. The van der Waals surface area contributed by atoms with Crippen LogP contribution in [0.1, 0.15) is 18.9 Å². The number of aromatic amines is 1. The minimum atomic E-state index is -0.416. The molecule has 0 spiro atoms. The molecule has 0 bridgehead atoms. The molecule has 0 radical (unpaired) electrons. The molecule has 1 N–H and O–H groups in total. The lowest BCUT2D eigenvalue weighted by Crippen LogP contribution is -2.36. The number of aromatic nitrogens is 2. The molecule has 1 aliphatic heterocycles. The predicted octanol–water partition coefficient (Wildman–Crippen LogP) is 1.41. The van der Waals surface area contributed by atoms with Gasteiger partial charge in [-0.15, -0.1) is 0 Å². The predicted molar refractivity (Wildman–Crippen MR) is 65.8 cm³/mol. The molecule has 0 saturated carbocycles. The van der Waals surface area contributed by atoms with E-state index in [-0.39, 0.29) is 11.7 Å². The van der Waals surface area contributed by atoms with Crippen molar-refractivity contribution in [3.8, 4) is 0 Å². The SMILES string of the molecule is O=c1[nH]c(=O)n(C2CCOCC2)c(Br)c1Br. The number of ether oxygens (including phenoxy) is 1. The zero-order valence-electron chi connectivity index (χ0n) is 8.33. The Bertz CT molecular complexity index is 502. The van der Waals surface area contributed by atoms with Crippen LogP contribution in [0.15, 0.2) is 18.7 Å². The summed E-state index contributed by atoms with van der Waals surface area (Å²) in [5, 5.41) is 0. The summed E-state index contributed by atoms with van der Waals surface area (Å²) in [5.41, 5.74) is -0.799. The van der Waals surface area contributed by atoms with Crippen molar-refractivity contribution in [1.82, 2.24) is 9.55 Å². The van der Waals surface area contributed by atoms with Gasteiger partial charge in [-0.05, 0) is 44.7 Å². The molecule has 0 amide bonds. The standard InChI is InChI=1S/C9H10Br2N2O3/c10-6-7(11)13(9(15)12-8(6)14)5-1-3-16-4-2-5/h5H,1-4H2,(H,12,14,15). The molecule has 1 aromatic rings. The number of nitrogens with zero attached hydrogens (tertiary/aromatic N) is 1. The lowest BCUT2D eigenvalue weighted by Gasteiger charge is -2.25. The van der Waals surface area contributed by atoms with E-state index >= 15 is 0 Å². The Labute approximate surface area is 108 Å². The molecule has 16 heavy (non-hydrogen) atoms. The van der Waals surface area contributed by atoms with E-state index < -0.39 is 5.56 Å². The molecule has 1 fully saturated rings. The number of hydrogen-bond acceptors (Lipinski definition) is 3. The summed E-state index contributed by atoms with van der Waals surface area (Å²) in [6.07, 6.45) is 1.55. The highest BCUT2D eigenvalue weighted by molar-refractivity contribution is 9.13. The highest BCUT2D eigenvalue weighted by atomic mass is 79.9. The normalized spacial score (nSPS) is 17.6. The van der Waals surface area contributed by atoms with E-state index in [4.69, 9.17) is 4.74 Å². The van der Waals surface area contributed by atoms with Crippen molar-refractivity contribution < 1.29 is 4.74 Å². The summed E-state index contributed by atoms with van der Waals surface area (Å²) in [7, 11) is 0. The van der Waals surface area contributed by atoms with Crippen LogP contribution in [0.3, 0.4) is 0 Å². The molecule has 88 valence electrons. The van der Waals surface area contributed by atoms with Crippen LogP contribution in [0.25, 0.3) is 0 Å². The monoisotopic (exact) mass is 352 g/mol. The van der Waals surface area contributed by atoms with Gasteiger partial charge >= 0.3 is 5.69 Å². The van der Waals surface area contributed by atoms with Gasteiger partial charge in [0.15, 0.2) is 0 Å².